The summed E-state index contributed by atoms with van der Waals surface area (Å²) >= 11 is 0. The molecule has 1 aromatic rings. The summed E-state index contributed by atoms with van der Waals surface area (Å²) in [5, 5.41) is 9.95. The summed E-state index contributed by atoms with van der Waals surface area (Å²) in [4.78, 5) is 25.1. The standard InChI is InChI=1S/C16H21NO5/c1-2-21-15(19)10-13-14(18)8-9-17(13)16(20)22-11-12-6-4-3-5-7-12/h3-7,13-14,18H,2,8-11H2,1H3/t13-,14+/m1/s1. The van der Waals surface area contributed by atoms with Crippen molar-refractivity contribution in [1.29, 1.82) is 0 Å². The second-order valence-corrected chi connectivity index (χ2v) is 5.17. The number of likely N-dealkylation sites (tertiary alicyclic amines) is 1. The van der Waals surface area contributed by atoms with Crippen LogP contribution in [0, 0.1) is 0 Å². The van der Waals surface area contributed by atoms with E-state index in [1.807, 2.05) is 30.3 Å². The first-order valence-electron chi connectivity index (χ1n) is 7.42. The minimum atomic E-state index is -0.728. The minimum Gasteiger partial charge on any atom is -0.466 e. The van der Waals surface area contributed by atoms with Crippen molar-refractivity contribution in [3.63, 3.8) is 0 Å². The Bertz CT molecular complexity index is 505. The molecule has 1 aliphatic rings. The Morgan fingerprint density at radius 2 is 2.00 bits per heavy atom. The lowest BCUT2D eigenvalue weighted by Crippen LogP contribution is -2.41. The minimum absolute atomic E-state index is 0.0184. The van der Waals surface area contributed by atoms with Crippen LogP contribution < -0.4 is 0 Å². The number of benzene rings is 1. The van der Waals surface area contributed by atoms with Crippen molar-refractivity contribution in [2.75, 3.05) is 13.2 Å². The van der Waals surface area contributed by atoms with Gasteiger partial charge in [0.2, 0.25) is 0 Å². The largest absolute Gasteiger partial charge is 0.466 e. The molecule has 6 nitrogen and oxygen atoms in total. The van der Waals surface area contributed by atoms with Gasteiger partial charge in [0, 0.05) is 6.54 Å². The van der Waals surface area contributed by atoms with Crippen LogP contribution in [0.2, 0.25) is 0 Å². The smallest absolute Gasteiger partial charge is 0.410 e. The highest BCUT2D eigenvalue weighted by atomic mass is 16.6. The fourth-order valence-corrected chi connectivity index (χ4v) is 2.50. The first-order chi connectivity index (χ1) is 10.6. The number of rotatable bonds is 5. The molecule has 0 unspecified atom stereocenters. The SMILES string of the molecule is CCOC(=O)C[C@@H]1[C@@H](O)CCN1C(=O)OCc1ccccc1. The summed E-state index contributed by atoms with van der Waals surface area (Å²) in [6, 6.07) is 8.77. The van der Waals surface area contributed by atoms with Gasteiger partial charge in [-0.05, 0) is 18.9 Å². The number of carbonyl (C=O) groups excluding carboxylic acids is 2. The maximum Gasteiger partial charge on any atom is 0.410 e. The summed E-state index contributed by atoms with van der Waals surface area (Å²) in [7, 11) is 0. The summed E-state index contributed by atoms with van der Waals surface area (Å²) in [5.41, 5.74) is 0.887. The lowest BCUT2D eigenvalue weighted by atomic mass is 10.1. The molecule has 1 amide bonds. The zero-order valence-electron chi connectivity index (χ0n) is 12.6. The molecule has 0 saturated carbocycles. The number of hydrogen-bond donors (Lipinski definition) is 1. The lowest BCUT2D eigenvalue weighted by Gasteiger charge is -2.24. The van der Waals surface area contributed by atoms with Gasteiger partial charge in [0.05, 0.1) is 25.2 Å². The summed E-state index contributed by atoms with van der Waals surface area (Å²) in [5.74, 6) is -0.422. The van der Waals surface area contributed by atoms with Gasteiger partial charge < -0.3 is 19.5 Å². The molecular formula is C16H21NO5. The summed E-state index contributed by atoms with van der Waals surface area (Å²) in [6.45, 7) is 2.53. The van der Waals surface area contributed by atoms with E-state index in [0.29, 0.717) is 13.0 Å². The molecular weight excluding hydrogens is 286 g/mol. The van der Waals surface area contributed by atoms with Gasteiger partial charge in [-0.15, -0.1) is 0 Å². The lowest BCUT2D eigenvalue weighted by molar-refractivity contribution is -0.144. The fourth-order valence-electron chi connectivity index (χ4n) is 2.50. The highest BCUT2D eigenvalue weighted by Crippen LogP contribution is 2.22. The fraction of sp³-hybridized carbons (Fsp3) is 0.500. The Morgan fingerprint density at radius 3 is 2.68 bits per heavy atom. The van der Waals surface area contributed by atoms with Crippen LogP contribution in [0.25, 0.3) is 0 Å². The number of amides is 1. The van der Waals surface area contributed by atoms with E-state index >= 15 is 0 Å². The van der Waals surface area contributed by atoms with E-state index in [4.69, 9.17) is 9.47 Å². The van der Waals surface area contributed by atoms with E-state index < -0.39 is 24.2 Å². The Kier molecular flexibility index (Phi) is 5.77. The predicted octanol–water partition coefficient (Wildman–Crippen LogP) is 1.71. The van der Waals surface area contributed by atoms with Gasteiger partial charge in [-0.3, -0.25) is 4.79 Å². The van der Waals surface area contributed by atoms with Crippen LogP contribution in [-0.2, 0) is 20.9 Å². The zero-order valence-corrected chi connectivity index (χ0v) is 12.6. The average Bonchev–Trinajstić information content (AvgIpc) is 2.87. The normalized spacial score (nSPS) is 20.7. The van der Waals surface area contributed by atoms with Crippen molar-refractivity contribution < 1.29 is 24.2 Å². The van der Waals surface area contributed by atoms with E-state index in [-0.39, 0.29) is 19.6 Å². The Balaban J connectivity index is 1.91. The molecule has 6 heteroatoms. The molecule has 0 spiro atoms. The first kappa shape index (κ1) is 16.3. The second-order valence-electron chi connectivity index (χ2n) is 5.17. The van der Waals surface area contributed by atoms with Crippen molar-refractivity contribution in [2.45, 2.75) is 38.5 Å². The molecule has 2 atom stereocenters. The van der Waals surface area contributed by atoms with Crippen LogP contribution in [0.15, 0.2) is 30.3 Å². The molecule has 2 rings (SSSR count). The van der Waals surface area contributed by atoms with Gasteiger partial charge >= 0.3 is 12.1 Å². The molecule has 0 bridgehead atoms. The summed E-state index contributed by atoms with van der Waals surface area (Å²) < 4.78 is 10.1. The van der Waals surface area contributed by atoms with Crippen molar-refractivity contribution in [3.8, 4) is 0 Å². The van der Waals surface area contributed by atoms with Gasteiger partial charge in [-0.1, -0.05) is 30.3 Å². The molecule has 1 saturated heterocycles. The van der Waals surface area contributed by atoms with Crippen LogP contribution in [0.5, 0.6) is 0 Å². The van der Waals surface area contributed by atoms with E-state index in [9.17, 15) is 14.7 Å². The average molecular weight is 307 g/mol. The van der Waals surface area contributed by atoms with Crippen molar-refractivity contribution in [2.24, 2.45) is 0 Å². The molecule has 0 aromatic heterocycles. The van der Waals surface area contributed by atoms with Crippen LogP contribution >= 0.6 is 0 Å². The molecule has 1 fully saturated rings. The zero-order chi connectivity index (χ0) is 15.9. The van der Waals surface area contributed by atoms with E-state index in [1.165, 1.54) is 4.90 Å². The highest BCUT2D eigenvalue weighted by molar-refractivity contribution is 5.73. The number of esters is 1. The maximum absolute atomic E-state index is 12.2. The van der Waals surface area contributed by atoms with E-state index in [2.05, 4.69) is 0 Å². The first-order valence-corrected chi connectivity index (χ1v) is 7.42. The number of carbonyl (C=O) groups is 2. The third-order valence-corrected chi connectivity index (χ3v) is 3.63. The second kappa shape index (κ2) is 7.79. The number of nitrogens with zero attached hydrogens (tertiary/aromatic N) is 1. The quantitative estimate of drug-likeness (QED) is 0.838. The topological polar surface area (TPSA) is 76.1 Å². The number of aliphatic hydroxyl groups excluding tert-OH is 1. The molecule has 0 radical (unpaired) electrons. The Hall–Kier alpha value is -2.08. The maximum atomic E-state index is 12.2. The Morgan fingerprint density at radius 1 is 1.27 bits per heavy atom. The monoisotopic (exact) mass is 307 g/mol. The third kappa shape index (κ3) is 4.21. The molecule has 120 valence electrons. The van der Waals surface area contributed by atoms with Crippen LogP contribution in [0.4, 0.5) is 4.79 Å². The van der Waals surface area contributed by atoms with E-state index in [0.717, 1.165) is 5.56 Å². The van der Waals surface area contributed by atoms with Crippen molar-refractivity contribution in [3.05, 3.63) is 35.9 Å². The predicted molar refractivity (Wildman–Crippen MR) is 79.0 cm³/mol. The van der Waals surface area contributed by atoms with Gasteiger partial charge in [0.15, 0.2) is 0 Å². The Labute approximate surface area is 129 Å². The van der Waals surface area contributed by atoms with Crippen LogP contribution in [-0.4, -0.2) is 47.4 Å². The van der Waals surface area contributed by atoms with Gasteiger partial charge in [0.1, 0.15) is 6.61 Å². The summed E-state index contributed by atoms with van der Waals surface area (Å²) in [6.07, 6.45) is -0.830. The van der Waals surface area contributed by atoms with Crippen LogP contribution in [0.3, 0.4) is 0 Å². The van der Waals surface area contributed by atoms with Crippen molar-refractivity contribution >= 4 is 12.1 Å². The van der Waals surface area contributed by atoms with E-state index in [1.54, 1.807) is 6.92 Å². The molecule has 22 heavy (non-hydrogen) atoms. The molecule has 1 N–H and O–H groups in total. The van der Waals surface area contributed by atoms with Crippen LogP contribution in [0.1, 0.15) is 25.3 Å². The molecule has 1 aromatic carbocycles. The number of aliphatic hydroxyl groups is 1. The number of hydrogen-bond acceptors (Lipinski definition) is 5. The molecule has 1 aliphatic heterocycles. The highest BCUT2D eigenvalue weighted by Gasteiger charge is 2.38. The molecule has 1 heterocycles. The molecule has 0 aliphatic carbocycles. The van der Waals surface area contributed by atoms with Gasteiger partial charge in [-0.25, -0.2) is 4.79 Å². The third-order valence-electron chi connectivity index (χ3n) is 3.63. The van der Waals surface area contributed by atoms with Gasteiger partial charge in [0.25, 0.3) is 0 Å². The van der Waals surface area contributed by atoms with Gasteiger partial charge in [-0.2, -0.15) is 0 Å². The number of ether oxygens (including phenoxy) is 2. The van der Waals surface area contributed by atoms with Crippen molar-refractivity contribution in [1.82, 2.24) is 4.90 Å².